The van der Waals surface area contributed by atoms with Crippen molar-refractivity contribution >= 4 is 11.7 Å². The van der Waals surface area contributed by atoms with E-state index < -0.39 is 0 Å². The molecule has 130 valence electrons. The van der Waals surface area contributed by atoms with E-state index in [9.17, 15) is 4.79 Å². The average Bonchev–Trinajstić information content (AvgIpc) is 3.12. The molecule has 2 atom stereocenters. The molecule has 2 aliphatic rings. The molecule has 2 fully saturated rings. The molecule has 0 radical (unpaired) electrons. The summed E-state index contributed by atoms with van der Waals surface area (Å²) in [4.78, 5) is 29.4. The van der Waals surface area contributed by atoms with Crippen molar-refractivity contribution in [1.29, 1.82) is 0 Å². The second-order valence-corrected chi connectivity index (χ2v) is 6.03. The van der Waals surface area contributed by atoms with Crippen molar-refractivity contribution in [3.63, 3.8) is 0 Å². The van der Waals surface area contributed by atoms with Gasteiger partial charge in [0.2, 0.25) is 5.88 Å². The molecule has 0 aromatic carbocycles. The number of carbonyl (C=O) groups excluding carboxylic acids is 1. The summed E-state index contributed by atoms with van der Waals surface area (Å²) in [5.74, 6) is 1.26. The number of hydrogen-bond donors (Lipinski definition) is 0. The largest absolute Gasteiger partial charge is 0.481 e. The monoisotopic (exact) mass is 341 g/mol. The number of hydrogen-bond acceptors (Lipinski definition) is 7. The van der Waals surface area contributed by atoms with Crippen LogP contribution in [0.3, 0.4) is 0 Å². The number of rotatable bonds is 3. The zero-order valence-electron chi connectivity index (χ0n) is 13.9. The minimum atomic E-state index is -0.0488. The molecule has 2 aliphatic heterocycles. The highest BCUT2D eigenvalue weighted by molar-refractivity contribution is 5.94. The Morgan fingerprint density at radius 3 is 2.88 bits per heavy atom. The van der Waals surface area contributed by atoms with Crippen LogP contribution in [0.5, 0.6) is 5.88 Å². The molecular weight excluding hydrogens is 322 g/mol. The number of likely N-dealkylation sites (tertiary alicyclic amines) is 1. The number of pyridine rings is 1. The number of amides is 1. The van der Waals surface area contributed by atoms with Gasteiger partial charge < -0.3 is 19.3 Å². The Balaban J connectivity index is 1.51. The molecule has 0 N–H and O–H groups in total. The van der Waals surface area contributed by atoms with Gasteiger partial charge in [0.1, 0.15) is 5.82 Å². The molecule has 8 heteroatoms. The van der Waals surface area contributed by atoms with Gasteiger partial charge in [0, 0.05) is 44.3 Å². The Kier molecular flexibility index (Phi) is 4.19. The lowest BCUT2D eigenvalue weighted by Crippen LogP contribution is -2.51. The first-order valence-corrected chi connectivity index (χ1v) is 8.20. The molecule has 25 heavy (non-hydrogen) atoms. The lowest BCUT2D eigenvalue weighted by molar-refractivity contribution is 0.0299. The predicted molar refractivity (Wildman–Crippen MR) is 89.6 cm³/mol. The molecule has 2 aromatic heterocycles. The highest BCUT2D eigenvalue weighted by Gasteiger charge is 2.42. The molecule has 2 aromatic rings. The second-order valence-electron chi connectivity index (χ2n) is 6.03. The van der Waals surface area contributed by atoms with Gasteiger partial charge in [0.25, 0.3) is 5.91 Å². The van der Waals surface area contributed by atoms with E-state index in [1.54, 1.807) is 44.0 Å². The topological polar surface area (TPSA) is 80.7 Å². The SMILES string of the molecule is COc1ccc(C(=O)N2C[C@@H]3OCCN(c4cnccn4)[C@H]3C2)cn1. The molecular formula is C17H19N5O3. The number of ether oxygens (including phenoxy) is 2. The summed E-state index contributed by atoms with van der Waals surface area (Å²) >= 11 is 0. The molecule has 0 aliphatic carbocycles. The van der Waals surface area contributed by atoms with Crippen molar-refractivity contribution in [3.05, 3.63) is 42.5 Å². The van der Waals surface area contributed by atoms with Gasteiger partial charge in [-0.05, 0) is 6.07 Å². The maximum Gasteiger partial charge on any atom is 0.255 e. The zero-order chi connectivity index (χ0) is 17.2. The number of morpholine rings is 1. The molecule has 4 rings (SSSR count). The van der Waals surface area contributed by atoms with Crippen LogP contribution in [0.15, 0.2) is 36.9 Å². The van der Waals surface area contributed by atoms with Crippen molar-refractivity contribution in [2.24, 2.45) is 0 Å². The minimum absolute atomic E-state index is 0.0223. The van der Waals surface area contributed by atoms with Crippen LogP contribution in [0, 0.1) is 0 Å². The average molecular weight is 341 g/mol. The van der Waals surface area contributed by atoms with Crippen molar-refractivity contribution in [1.82, 2.24) is 19.9 Å². The van der Waals surface area contributed by atoms with E-state index in [0.717, 1.165) is 12.4 Å². The Bertz CT molecular complexity index is 740. The summed E-state index contributed by atoms with van der Waals surface area (Å²) in [7, 11) is 1.55. The van der Waals surface area contributed by atoms with Gasteiger partial charge in [0.05, 0.1) is 37.6 Å². The molecule has 4 heterocycles. The van der Waals surface area contributed by atoms with E-state index >= 15 is 0 Å². The van der Waals surface area contributed by atoms with Crippen molar-refractivity contribution in [2.45, 2.75) is 12.1 Å². The summed E-state index contributed by atoms with van der Waals surface area (Å²) in [6, 6.07) is 3.51. The van der Waals surface area contributed by atoms with Gasteiger partial charge in [-0.2, -0.15) is 0 Å². The first kappa shape index (κ1) is 15.8. The Morgan fingerprint density at radius 2 is 2.16 bits per heavy atom. The second kappa shape index (κ2) is 6.64. The lowest BCUT2D eigenvalue weighted by atomic mass is 10.1. The predicted octanol–water partition coefficient (Wildman–Crippen LogP) is 0.610. The Labute approximate surface area is 145 Å². The van der Waals surface area contributed by atoms with Crippen LogP contribution in [-0.4, -0.2) is 71.3 Å². The van der Waals surface area contributed by atoms with Crippen LogP contribution >= 0.6 is 0 Å². The molecule has 0 spiro atoms. The van der Waals surface area contributed by atoms with E-state index in [-0.39, 0.29) is 18.1 Å². The fraction of sp³-hybridized carbons (Fsp3) is 0.412. The first-order valence-electron chi connectivity index (χ1n) is 8.20. The van der Waals surface area contributed by atoms with Gasteiger partial charge in [0.15, 0.2) is 0 Å². The quantitative estimate of drug-likeness (QED) is 0.809. The molecule has 0 bridgehead atoms. The summed E-state index contributed by atoms with van der Waals surface area (Å²) in [6.07, 6.45) is 6.61. The summed E-state index contributed by atoms with van der Waals surface area (Å²) in [5.41, 5.74) is 0.547. The smallest absolute Gasteiger partial charge is 0.255 e. The number of nitrogens with zero attached hydrogens (tertiary/aromatic N) is 5. The summed E-state index contributed by atoms with van der Waals surface area (Å²) < 4.78 is 10.9. The third kappa shape index (κ3) is 3.00. The zero-order valence-corrected chi connectivity index (χ0v) is 13.9. The van der Waals surface area contributed by atoms with Crippen LogP contribution in [0.4, 0.5) is 5.82 Å². The molecule has 1 amide bonds. The number of aromatic nitrogens is 3. The van der Waals surface area contributed by atoms with Gasteiger partial charge in [-0.25, -0.2) is 9.97 Å². The van der Waals surface area contributed by atoms with Gasteiger partial charge in [-0.15, -0.1) is 0 Å². The van der Waals surface area contributed by atoms with Gasteiger partial charge in [-0.3, -0.25) is 9.78 Å². The molecule has 2 saturated heterocycles. The van der Waals surface area contributed by atoms with E-state index in [4.69, 9.17) is 9.47 Å². The third-order valence-corrected chi connectivity index (χ3v) is 4.62. The van der Waals surface area contributed by atoms with Crippen LogP contribution in [-0.2, 0) is 4.74 Å². The Hall–Kier alpha value is -2.74. The Morgan fingerprint density at radius 1 is 1.24 bits per heavy atom. The van der Waals surface area contributed by atoms with E-state index in [1.165, 1.54) is 0 Å². The molecule has 0 saturated carbocycles. The highest BCUT2D eigenvalue weighted by Crippen LogP contribution is 2.27. The first-order chi connectivity index (χ1) is 12.3. The van der Waals surface area contributed by atoms with Crippen LogP contribution in [0.2, 0.25) is 0 Å². The summed E-state index contributed by atoms with van der Waals surface area (Å²) in [5, 5.41) is 0. The van der Waals surface area contributed by atoms with Crippen LogP contribution in [0.25, 0.3) is 0 Å². The molecule has 0 unspecified atom stereocenters. The number of fused-ring (bicyclic) bond motifs is 1. The standard InChI is InChI=1S/C17H19N5O3/c1-24-16-3-2-12(8-20-16)17(23)21-10-13-14(11-21)25-7-6-22(13)15-9-18-4-5-19-15/h2-5,8-9,13-14H,6-7,10-11H2,1H3/t13-,14-/m0/s1. The minimum Gasteiger partial charge on any atom is -0.481 e. The van der Waals surface area contributed by atoms with Gasteiger partial charge >= 0.3 is 0 Å². The van der Waals surface area contributed by atoms with Gasteiger partial charge in [-0.1, -0.05) is 0 Å². The maximum absolute atomic E-state index is 12.8. The maximum atomic E-state index is 12.8. The number of anilines is 1. The van der Waals surface area contributed by atoms with E-state index in [2.05, 4.69) is 19.9 Å². The summed E-state index contributed by atoms with van der Waals surface area (Å²) in [6.45, 7) is 2.51. The van der Waals surface area contributed by atoms with Crippen molar-refractivity contribution < 1.29 is 14.3 Å². The fourth-order valence-electron chi connectivity index (χ4n) is 3.39. The third-order valence-electron chi connectivity index (χ3n) is 4.62. The van der Waals surface area contributed by atoms with E-state index in [0.29, 0.717) is 31.1 Å². The lowest BCUT2D eigenvalue weighted by Gasteiger charge is -2.37. The molecule has 8 nitrogen and oxygen atoms in total. The number of carbonyl (C=O) groups is 1. The van der Waals surface area contributed by atoms with Crippen molar-refractivity contribution in [2.75, 3.05) is 38.3 Å². The fourth-order valence-corrected chi connectivity index (χ4v) is 3.39. The van der Waals surface area contributed by atoms with Crippen LogP contribution in [0.1, 0.15) is 10.4 Å². The normalized spacial score (nSPS) is 22.6. The number of methoxy groups -OCH3 is 1. The van der Waals surface area contributed by atoms with Crippen molar-refractivity contribution in [3.8, 4) is 5.88 Å². The van der Waals surface area contributed by atoms with Crippen LogP contribution < -0.4 is 9.64 Å². The van der Waals surface area contributed by atoms with E-state index in [1.807, 2.05) is 4.90 Å². The highest BCUT2D eigenvalue weighted by atomic mass is 16.5.